The topological polar surface area (TPSA) is 66.6 Å². The summed E-state index contributed by atoms with van der Waals surface area (Å²) < 4.78 is 0. The number of carbonyl (C=O) groups excluding carboxylic acids is 1. The van der Waals surface area contributed by atoms with Gasteiger partial charge in [-0.05, 0) is 43.9 Å². The smallest absolute Gasteiger partial charge is 0.254 e. The summed E-state index contributed by atoms with van der Waals surface area (Å²) in [5, 5.41) is 10.4. The molecule has 4 nitrogen and oxygen atoms in total. The fraction of sp³-hybridized carbons (Fsp3) is 0.562. The third kappa shape index (κ3) is 2.96. The molecule has 0 aliphatic heterocycles. The van der Waals surface area contributed by atoms with Crippen LogP contribution in [0, 0.1) is 13.8 Å². The molecule has 0 bridgehead atoms. The van der Waals surface area contributed by atoms with E-state index >= 15 is 0 Å². The van der Waals surface area contributed by atoms with Gasteiger partial charge >= 0.3 is 0 Å². The summed E-state index contributed by atoms with van der Waals surface area (Å²) in [4.78, 5) is 14.1. The van der Waals surface area contributed by atoms with E-state index in [0.717, 1.165) is 36.8 Å². The van der Waals surface area contributed by atoms with Crippen molar-refractivity contribution in [2.75, 3.05) is 19.3 Å². The predicted octanol–water partition coefficient (Wildman–Crippen LogP) is 2.26. The molecule has 0 atom stereocenters. The van der Waals surface area contributed by atoms with E-state index < -0.39 is 5.60 Å². The predicted molar refractivity (Wildman–Crippen MR) is 80.7 cm³/mol. The number of anilines is 1. The van der Waals surface area contributed by atoms with Crippen molar-refractivity contribution < 1.29 is 9.90 Å². The monoisotopic (exact) mass is 276 g/mol. The summed E-state index contributed by atoms with van der Waals surface area (Å²) in [5.74, 6) is -0.0745. The Kier molecular flexibility index (Phi) is 4.04. The first-order chi connectivity index (χ1) is 9.32. The maximum atomic E-state index is 12.5. The molecule has 1 fully saturated rings. The first-order valence-corrected chi connectivity index (χ1v) is 7.17. The molecule has 0 unspecified atom stereocenters. The molecule has 2 rings (SSSR count). The summed E-state index contributed by atoms with van der Waals surface area (Å²) in [6.45, 7) is 4.23. The van der Waals surface area contributed by atoms with Gasteiger partial charge in [0.05, 0.1) is 5.60 Å². The van der Waals surface area contributed by atoms with E-state index in [4.69, 9.17) is 5.73 Å². The molecule has 20 heavy (non-hydrogen) atoms. The molecule has 1 aromatic carbocycles. The Morgan fingerprint density at radius 3 is 2.50 bits per heavy atom. The second-order valence-electron chi connectivity index (χ2n) is 6.12. The molecule has 0 spiro atoms. The Balaban J connectivity index is 2.16. The molecule has 1 amide bonds. The van der Waals surface area contributed by atoms with Crippen LogP contribution in [0.2, 0.25) is 0 Å². The van der Waals surface area contributed by atoms with Crippen LogP contribution in [0.3, 0.4) is 0 Å². The first-order valence-electron chi connectivity index (χ1n) is 7.17. The van der Waals surface area contributed by atoms with Gasteiger partial charge in [-0.1, -0.05) is 18.9 Å². The normalized spacial score (nSPS) is 17.2. The van der Waals surface area contributed by atoms with Crippen molar-refractivity contribution in [1.29, 1.82) is 0 Å². The Hall–Kier alpha value is -1.55. The summed E-state index contributed by atoms with van der Waals surface area (Å²) in [7, 11) is 1.74. The molecule has 1 aliphatic carbocycles. The lowest BCUT2D eigenvalue weighted by Gasteiger charge is -2.29. The summed E-state index contributed by atoms with van der Waals surface area (Å²) in [6, 6.07) is 3.67. The van der Waals surface area contributed by atoms with Crippen LogP contribution in [0.25, 0.3) is 0 Å². The zero-order chi connectivity index (χ0) is 14.9. The maximum Gasteiger partial charge on any atom is 0.254 e. The number of aryl methyl sites for hydroxylation is 2. The van der Waals surface area contributed by atoms with Gasteiger partial charge in [0.1, 0.15) is 0 Å². The average molecular weight is 276 g/mol. The number of likely N-dealkylation sites (N-methyl/N-ethyl adjacent to an activating group) is 1. The van der Waals surface area contributed by atoms with Gasteiger partial charge in [-0.3, -0.25) is 4.79 Å². The van der Waals surface area contributed by atoms with Crippen molar-refractivity contribution in [3.05, 3.63) is 28.8 Å². The molecule has 4 heteroatoms. The second kappa shape index (κ2) is 5.44. The third-order valence-corrected chi connectivity index (χ3v) is 4.26. The number of nitrogen functional groups attached to an aromatic ring is 1. The summed E-state index contributed by atoms with van der Waals surface area (Å²) in [5.41, 5.74) is 8.34. The summed E-state index contributed by atoms with van der Waals surface area (Å²) in [6.07, 6.45) is 3.63. The average Bonchev–Trinajstić information content (AvgIpc) is 2.79. The van der Waals surface area contributed by atoms with Crippen molar-refractivity contribution in [1.82, 2.24) is 4.90 Å². The van der Waals surface area contributed by atoms with Gasteiger partial charge in [0, 0.05) is 24.8 Å². The first kappa shape index (κ1) is 14.9. The number of hydrogen-bond donors (Lipinski definition) is 2. The van der Waals surface area contributed by atoms with E-state index in [1.54, 1.807) is 18.0 Å². The van der Waals surface area contributed by atoms with Gasteiger partial charge in [-0.15, -0.1) is 0 Å². The minimum absolute atomic E-state index is 0.0745. The standard InChI is InChI=1S/C16H24N2O2/c1-11-8-12(2)14(17)9-13(11)15(19)18(3)10-16(20)6-4-5-7-16/h8-9,20H,4-7,10,17H2,1-3H3. The van der Waals surface area contributed by atoms with Gasteiger partial charge in [0.15, 0.2) is 0 Å². The van der Waals surface area contributed by atoms with Crippen LogP contribution in [0.15, 0.2) is 12.1 Å². The number of nitrogens with two attached hydrogens (primary N) is 1. The van der Waals surface area contributed by atoms with E-state index in [-0.39, 0.29) is 5.91 Å². The molecular weight excluding hydrogens is 252 g/mol. The maximum absolute atomic E-state index is 12.5. The highest BCUT2D eigenvalue weighted by atomic mass is 16.3. The third-order valence-electron chi connectivity index (χ3n) is 4.26. The molecule has 0 radical (unpaired) electrons. The van der Waals surface area contributed by atoms with Crippen LogP contribution in [-0.2, 0) is 0 Å². The van der Waals surface area contributed by atoms with Crippen LogP contribution < -0.4 is 5.73 Å². The Morgan fingerprint density at radius 2 is 1.90 bits per heavy atom. The van der Waals surface area contributed by atoms with E-state index in [9.17, 15) is 9.90 Å². The molecule has 1 saturated carbocycles. The quantitative estimate of drug-likeness (QED) is 0.832. The minimum atomic E-state index is -0.714. The van der Waals surface area contributed by atoms with E-state index in [0.29, 0.717) is 17.8 Å². The largest absolute Gasteiger partial charge is 0.398 e. The molecular formula is C16H24N2O2. The SMILES string of the molecule is Cc1cc(C)c(C(=O)N(C)CC2(O)CCCC2)cc1N. The number of benzene rings is 1. The van der Waals surface area contributed by atoms with Crippen LogP contribution in [0.1, 0.15) is 47.2 Å². The number of amides is 1. The van der Waals surface area contributed by atoms with E-state index in [1.807, 2.05) is 19.9 Å². The lowest BCUT2D eigenvalue weighted by Crippen LogP contribution is -2.42. The highest BCUT2D eigenvalue weighted by molar-refractivity contribution is 5.96. The number of hydrogen-bond acceptors (Lipinski definition) is 3. The Bertz CT molecular complexity index is 519. The Morgan fingerprint density at radius 1 is 1.30 bits per heavy atom. The van der Waals surface area contributed by atoms with Crippen LogP contribution in [-0.4, -0.2) is 35.1 Å². The molecule has 3 N–H and O–H groups in total. The summed E-state index contributed by atoms with van der Waals surface area (Å²) >= 11 is 0. The lowest BCUT2D eigenvalue weighted by molar-refractivity contribution is 0.0156. The Labute approximate surface area is 120 Å². The van der Waals surface area contributed by atoms with Gasteiger partial charge < -0.3 is 15.7 Å². The van der Waals surface area contributed by atoms with Gasteiger partial charge in [-0.2, -0.15) is 0 Å². The number of nitrogens with zero attached hydrogens (tertiary/aromatic N) is 1. The number of rotatable bonds is 3. The van der Waals surface area contributed by atoms with E-state index in [1.165, 1.54) is 0 Å². The van der Waals surface area contributed by atoms with Gasteiger partial charge in [-0.25, -0.2) is 0 Å². The zero-order valence-electron chi connectivity index (χ0n) is 12.6. The number of aliphatic hydroxyl groups is 1. The van der Waals surface area contributed by atoms with Gasteiger partial charge in [0.2, 0.25) is 0 Å². The van der Waals surface area contributed by atoms with Crippen LogP contribution in [0.4, 0.5) is 5.69 Å². The fourth-order valence-electron chi connectivity index (χ4n) is 3.01. The van der Waals surface area contributed by atoms with Crippen molar-refractivity contribution in [2.24, 2.45) is 0 Å². The fourth-order valence-corrected chi connectivity index (χ4v) is 3.01. The molecule has 1 aliphatic rings. The van der Waals surface area contributed by atoms with Crippen molar-refractivity contribution in [2.45, 2.75) is 45.1 Å². The van der Waals surface area contributed by atoms with Crippen molar-refractivity contribution in [3.63, 3.8) is 0 Å². The minimum Gasteiger partial charge on any atom is -0.398 e. The van der Waals surface area contributed by atoms with Crippen LogP contribution >= 0.6 is 0 Å². The molecule has 1 aromatic rings. The highest BCUT2D eigenvalue weighted by Gasteiger charge is 2.33. The van der Waals surface area contributed by atoms with Crippen molar-refractivity contribution in [3.8, 4) is 0 Å². The van der Waals surface area contributed by atoms with Crippen molar-refractivity contribution >= 4 is 11.6 Å². The lowest BCUT2D eigenvalue weighted by atomic mass is 10.00. The van der Waals surface area contributed by atoms with E-state index in [2.05, 4.69) is 0 Å². The molecule has 0 heterocycles. The number of carbonyl (C=O) groups is 1. The molecule has 0 aromatic heterocycles. The second-order valence-corrected chi connectivity index (χ2v) is 6.12. The highest BCUT2D eigenvalue weighted by Crippen LogP contribution is 2.30. The molecule has 110 valence electrons. The van der Waals surface area contributed by atoms with Gasteiger partial charge in [0.25, 0.3) is 5.91 Å². The molecule has 0 saturated heterocycles. The van der Waals surface area contributed by atoms with Crippen LogP contribution in [0.5, 0.6) is 0 Å². The zero-order valence-corrected chi connectivity index (χ0v) is 12.6.